The van der Waals surface area contributed by atoms with Crippen LogP contribution in [0, 0.1) is 34.5 Å². The molecule has 4 heteroatoms. The van der Waals surface area contributed by atoms with Crippen LogP contribution in [0.25, 0.3) is 0 Å². The van der Waals surface area contributed by atoms with Gasteiger partial charge in [-0.05, 0) is 74.0 Å². The molecule has 4 nitrogen and oxygen atoms in total. The molecule has 0 radical (unpaired) electrons. The molecule has 0 spiro atoms. The second kappa shape index (κ2) is 5.64. The predicted molar refractivity (Wildman–Crippen MR) is 94.7 cm³/mol. The van der Waals surface area contributed by atoms with Gasteiger partial charge in [-0.1, -0.05) is 25.5 Å². The van der Waals surface area contributed by atoms with Crippen LogP contribution in [0.5, 0.6) is 0 Å². The van der Waals surface area contributed by atoms with E-state index in [0.717, 1.165) is 19.3 Å². The number of hydrogen-bond acceptors (Lipinski definition) is 4. The van der Waals surface area contributed by atoms with E-state index in [1.807, 2.05) is 0 Å². The van der Waals surface area contributed by atoms with Crippen molar-refractivity contribution in [2.24, 2.45) is 34.5 Å². The first kappa shape index (κ1) is 17.7. The number of carbonyl (C=O) groups excluding carboxylic acids is 1. The SMILES string of the molecule is CC(=O)[C@H]1C[C@@H](O)C2[C@@H]3CC=C4C[C@@H](O)CC[C@]4(C)C3[C@H](O)C[C@@]21C. The second-order valence-corrected chi connectivity index (χ2v) is 9.74. The maximum Gasteiger partial charge on any atom is 0.133 e. The molecule has 0 saturated heterocycles. The van der Waals surface area contributed by atoms with Crippen LogP contribution in [0.3, 0.4) is 0 Å². The Morgan fingerprint density at radius 1 is 1.16 bits per heavy atom. The molecule has 0 heterocycles. The summed E-state index contributed by atoms with van der Waals surface area (Å²) in [6, 6.07) is 0. The molecule has 0 bridgehead atoms. The lowest BCUT2D eigenvalue weighted by molar-refractivity contribution is -0.147. The van der Waals surface area contributed by atoms with Crippen molar-refractivity contribution in [2.75, 3.05) is 0 Å². The Morgan fingerprint density at radius 2 is 1.88 bits per heavy atom. The third kappa shape index (κ3) is 2.33. The van der Waals surface area contributed by atoms with E-state index in [1.54, 1.807) is 6.92 Å². The molecule has 9 atom stereocenters. The topological polar surface area (TPSA) is 77.8 Å². The Morgan fingerprint density at radius 3 is 2.56 bits per heavy atom. The molecule has 140 valence electrons. The van der Waals surface area contributed by atoms with Crippen LogP contribution in [0.4, 0.5) is 0 Å². The van der Waals surface area contributed by atoms with Crippen LogP contribution < -0.4 is 0 Å². The van der Waals surface area contributed by atoms with E-state index in [-0.39, 0.29) is 46.4 Å². The highest BCUT2D eigenvalue weighted by Crippen LogP contribution is 2.66. The summed E-state index contributed by atoms with van der Waals surface area (Å²) in [6.45, 7) is 6.00. The predicted octanol–water partition coefficient (Wildman–Crippen LogP) is 2.46. The van der Waals surface area contributed by atoms with Gasteiger partial charge >= 0.3 is 0 Å². The number of aliphatic hydroxyl groups is 3. The van der Waals surface area contributed by atoms with Crippen LogP contribution in [0.1, 0.15) is 59.3 Å². The fraction of sp³-hybridized carbons (Fsp3) is 0.857. The minimum Gasteiger partial charge on any atom is -0.393 e. The highest BCUT2D eigenvalue weighted by molar-refractivity contribution is 5.79. The summed E-state index contributed by atoms with van der Waals surface area (Å²) in [7, 11) is 0. The maximum atomic E-state index is 12.2. The van der Waals surface area contributed by atoms with E-state index in [1.165, 1.54) is 5.57 Å². The smallest absolute Gasteiger partial charge is 0.133 e. The minimum atomic E-state index is -0.452. The number of rotatable bonds is 1. The van der Waals surface area contributed by atoms with Crippen LogP contribution in [-0.4, -0.2) is 39.4 Å². The molecular weight excluding hydrogens is 316 g/mol. The number of ketones is 1. The van der Waals surface area contributed by atoms with E-state index in [9.17, 15) is 20.1 Å². The van der Waals surface area contributed by atoms with Crippen molar-refractivity contribution in [1.29, 1.82) is 0 Å². The van der Waals surface area contributed by atoms with E-state index in [0.29, 0.717) is 19.3 Å². The van der Waals surface area contributed by atoms with E-state index in [2.05, 4.69) is 19.9 Å². The van der Waals surface area contributed by atoms with Gasteiger partial charge < -0.3 is 15.3 Å². The summed E-state index contributed by atoms with van der Waals surface area (Å²) in [5.41, 5.74) is 0.907. The normalized spacial score (nSPS) is 55.0. The maximum absolute atomic E-state index is 12.2. The monoisotopic (exact) mass is 348 g/mol. The average Bonchev–Trinajstić information content (AvgIpc) is 2.78. The fourth-order valence-electron chi connectivity index (χ4n) is 7.48. The minimum absolute atomic E-state index is 0.0799. The van der Waals surface area contributed by atoms with Crippen LogP contribution in [-0.2, 0) is 4.79 Å². The van der Waals surface area contributed by atoms with E-state index in [4.69, 9.17) is 0 Å². The molecular formula is C21H32O4. The van der Waals surface area contributed by atoms with Crippen molar-refractivity contribution in [1.82, 2.24) is 0 Å². The molecule has 25 heavy (non-hydrogen) atoms. The molecule has 0 aliphatic heterocycles. The first-order valence-electron chi connectivity index (χ1n) is 9.92. The molecule has 0 aromatic heterocycles. The Labute approximate surface area is 150 Å². The lowest BCUT2D eigenvalue weighted by Gasteiger charge is -2.59. The largest absolute Gasteiger partial charge is 0.393 e. The molecule has 0 amide bonds. The standard InChI is InChI=1S/C21H32O4/c1-11(22)15-9-16(24)18-14-5-4-12-8-13(23)6-7-20(12,2)19(14)17(25)10-21(15,18)3/h4,13-19,23-25H,5-10H2,1-3H3/t13-,14-,15+,16+,17+,18?,19?,20-,21+/m0/s1. The van der Waals surface area contributed by atoms with Gasteiger partial charge in [0.1, 0.15) is 5.78 Å². The fourth-order valence-corrected chi connectivity index (χ4v) is 7.48. The number of allylic oxidation sites excluding steroid dienone is 1. The van der Waals surface area contributed by atoms with Crippen molar-refractivity contribution < 1.29 is 20.1 Å². The summed E-state index contributed by atoms with van der Waals surface area (Å²) in [5, 5.41) is 32.1. The number of aliphatic hydroxyl groups excluding tert-OH is 3. The van der Waals surface area contributed by atoms with E-state index >= 15 is 0 Å². The van der Waals surface area contributed by atoms with Crippen LogP contribution >= 0.6 is 0 Å². The van der Waals surface area contributed by atoms with E-state index < -0.39 is 12.2 Å². The summed E-state index contributed by atoms with van der Waals surface area (Å²) in [5.74, 6) is 0.426. The van der Waals surface area contributed by atoms with Gasteiger partial charge in [0.25, 0.3) is 0 Å². The highest BCUT2D eigenvalue weighted by atomic mass is 16.3. The number of carbonyl (C=O) groups is 1. The Hall–Kier alpha value is -0.710. The molecule has 3 fully saturated rings. The van der Waals surface area contributed by atoms with Crippen molar-refractivity contribution in [3.63, 3.8) is 0 Å². The van der Waals surface area contributed by atoms with Crippen molar-refractivity contribution in [2.45, 2.75) is 77.6 Å². The first-order chi connectivity index (χ1) is 11.7. The van der Waals surface area contributed by atoms with Gasteiger partial charge in [0.15, 0.2) is 0 Å². The zero-order valence-corrected chi connectivity index (χ0v) is 15.6. The summed E-state index contributed by atoms with van der Waals surface area (Å²) < 4.78 is 0. The summed E-state index contributed by atoms with van der Waals surface area (Å²) in [4.78, 5) is 12.2. The molecule has 0 aromatic rings. The number of fused-ring (bicyclic) bond motifs is 5. The average molecular weight is 348 g/mol. The van der Waals surface area contributed by atoms with Gasteiger partial charge in [-0.25, -0.2) is 0 Å². The molecule has 3 N–H and O–H groups in total. The van der Waals surface area contributed by atoms with Crippen LogP contribution in [0.15, 0.2) is 11.6 Å². The molecule has 4 aliphatic rings. The second-order valence-electron chi connectivity index (χ2n) is 9.74. The van der Waals surface area contributed by atoms with Gasteiger partial charge in [0, 0.05) is 5.92 Å². The Bertz CT molecular complexity index is 613. The highest BCUT2D eigenvalue weighted by Gasteiger charge is 2.64. The van der Waals surface area contributed by atoms with Gasteiger partial charge in [-0.15, -0.1) is 0 Å². The summed E-state index contributed by atoms with van der Waals surface area (Å²) >= 11 is 0. The lowest BCUT2D eigenvalue weighted by atomic mass is 9.46. The molecule has 4 aliphatic carbocycles. The summed E-state index contributed by atoms with van der Waals surface area (Å²) in [6.07, 6.45) is 5.50. The van der Waals surface area contributed by atoms with Crippen LogP contribution in [0.2, 0.25) is 0 Å². The Balaban J connectivity index is 1.75. The third-order valence-electron chi connectivity index (χ3n) is 8.48. The van der Waals surface area contributed by atoms with Gasteiger partial charge in [0.05, 0.1) is 18.3 Å². The van der Waals surface area contributed by atoms with Crippen molar-refractivity contribution >= 4 is 5.78 Å². The molecule has 3 saturated carbocycles. The Kier molecular flexibility index (Phi) is 3.99. The molecule has 4 rings (SSSR count). The van der Waals surface area contributed by atoms with Gasteiger partial charge in [-0.2, -0.15) is 0 Å². The first-order valence-corrected chi connectivity index (χ1v) is 9.92. The van der Waals surface area contributed by atoms with Gasteiger partial charge in [-0.3, -0.25) is 4.79 Å². The number of Topliss-reactive ketones (excluding diaryl/α,β-unsaturated/α-hetero) is 1. The lowest BCUT2D eigenvalue weighted by Crippen LogP contribution is -2.58. The molecule has 2 unspecified atom stereocenters. The van der Waals surface area contributed by atoms with Crippen molar-refractivity contribution in [3.05, 3.63) is 11.6 Å². The number of hydrogen-bond donors (Lipinski definition) is 3. The van der Waals surface area contributed by atoms with Crippen molar-refractivity contribution in [3.8, 4) is 0 Å². The third-order valence-corrected chi connectivity index (χ3v) is 8.48. The molecule has 0 aromatic carbocycles. The van der Waals surface area contributed by atoms with Gasteiger partial charge in [0.2, 0.25) is 0 Å². The quantitative estimate of drug-likeness (QED) is 0.636. The zero-order valence-electron chi connectivity index (χ0n) is 15.6. The zero-order chi connectivity index (χ0) is 18.1.